The Hall–Kier alpha value is -4.28. The topological polar surface area (TPSA) is 132 Å². The number of hydrogen-bond donors (Lipinski definition) is 2. The quantitative estimate of drug-likeness (QED) is 0.487. The van der Waals surface area contributed by atoms with Crippen LogP contribution in [0.2, 0.25) is 0 Å². The highest BCUT2D eigenvalue weighted by molar-refractivity contribution is 5.97. The van der Waals surface area contributed by atoms with Gasteiger partial charge in [-0.15, -0.1) is 0 Å². The molecule has 11 nitrogen and oxygen atoms in total. The molecule has 2 N–H and O–H groups in total. The molecule has 11 heteroatoms. The number of carbonyl (C=O) groups excluding carboxylic acids is 4. The second-order valence-corrected chi connectivity index (χ2v) is 7.53. The van der Waals surface area contributed by atoms with Crippen LogP contribution in [-0.2, 0) is 19.1 Å². The van der Waals surface area contributed by atoms with Gasteiger partial charge < -0.3 is 24.3 Å². The molecule has 0 bridgehead atoms. The van der Waals surface area contributed by atoms with E-state index >= 15 is 0 Å². The Bertz CT molecular complexity index is 1090. The number of methoxy groups -OCH3 is 2. The second kappa shape index (κ2) is 11.7. The lowest BCUT2D eigenvalue weighted by Crippen LogP contribution is -2.43. The standard InChI is InChI=1S/C24H27N3O8/c1-4-34-18-8-6-17(7-9-18)25-21(28)14-35-24(31)16-12-22(29)27(13-16)26-23(30)15-5-10-19(32-2)20(11-15)33-3/h5-11,16H,4,12-14H2,1-3H3,(H,25,28)(H,26,30)/t16-/m1/s1. The fourth-order valence-electron chi connectivity index (χ4n) is 3.39. The minimum absolute atomic E-state index is 0.0722. The molecule has 1 atom stereocenters. The van der Waals surface area contributed by atoms with Crippen LogP contribution < -0.4 is 25.0 Å². The number of carbonyl (C=O) groups is 4. The van der Waals surface area contributed by atoms with E-state index in [9.17, 15) is 19.2 Å². The van der Waals surface area contributed by atoms with E-state index in [4.69, 9.17) is 18.9 Å². The Labute approximate surface area is 202 Å². The second-order valence-electron chi connectivity index (χ2n) is 7.53. The summed E-state index contributed by atoms with van der Waals surface area (Å²) in [6.07, 6.45) is -0.147. The summed E-state index contributed by atoms with van der Waals surface area (Å²) in [5.74, 6) is -1.55. The maximum absolute atomic E-state index is 12.6. The zero-order valence-corrected chi connectivity index (χ0v) is 19.7. The van der Waals surface area contributed by atoms with Crippen LogP contribution in [0.4, 0.5) is 5.69 Å². The predicted octanol–water partition coefficient (Wildman–Crippen LogP) is 1.78. The van der Waals surface area contributed by atoms with Gasteiger partial charge in [0.15, 0.2) is 18.1 Å². The van der Waals surface area contributed by atoms with E-state index in [1.807, 2.05) is 6.92 Å². The van der Waals surface area contributed by atoms with Gasteiger partial charge in [-0.1, -0.05) is 0 Å². The van der Waals surface area contributed by atoms with Crippen LogP contribution in [0.25, 0.3) is 0 Å². The third-order valence-electron chi connectivity index (χ3n) is 5.14. The molecule has 3 amide bonds. The zero-order valence-electron chi connectivity index (χ0n) is 19.7. The van der Waals surface area contributed by atoms with E-state index < -0.39 is 36.2 Å². The highest BCUT2D eigenvalue weighted by Crippen LogP contribution is 2.27. The number of ether oxygens (including phenoxy) is 4. The van der Waals surface area contributed by atoms with E-state index in [1.165, 1.54) is 26.4 Å². The van der Waals surface area contributed by atoms with Crippen LogP contribution in [0, 0.1) is 5.92 Å². The Morgan fingerprint density at radius 3 is 2.40 bits per heavy atom. The Balaban J connectivity index is 1.48. The van der Waals surface area contributed by atoms with Crippen molar-refractivity contribution < 1.29 is 38.1 Å². The first-order valence-electron chi connectivity index (χ1n) is 10.9. The molecule has 0 aliphatic carbocycles. The van der Waals surface area contributed by atoms with E-state index in [0.29, 0.717) is 29.5 Å². The first kappa shape index (κ1) is 25.3. The van der Waals surface area contributed by atoms with Crippen LogP contribution in [-0.4, -0.2) is 62.7 Å². The number of nitrogens with one attached hydrogen (secondary N) is 2. The van der Waals surface area contributed by atoms with Crippen molar-refractivity contribution in [3.63, 3.8) is 0 Å². The summed E-state index contributed by atoms with van der Waals surface area (Å²) in [5.41, 5.74) is 3.25. The fourth-order valence-corrected chi connectivity index (χ4v) is 3.39. The van der Waals surface area contributed by atoms with Gasteiger partial charge in [-0.2, -0.15) is 0 Å². The molecule has 1 fully saturated rings. The van der Waals surface area contributed by atoms with Crippen molar-refractivity contribution >= 4 is 29.4 Å². The Morgan fingerprint density at radius 1 is 1.03 bits per heavy atom. The highest BCUT2D eigenvalue weighted by atomic mass is 16.5. The molecule has 3 rings (SSSR count). The highest BCUT2D eigenvalue weighted by Gasteiger charge is 2.36. The van der Waals surface area contributed by atoms with Crippen molar-refractivity contribution in [3.05, 3.63) is 48.0 Å². The number of benzene rings is 2. The van der Waals surface area contributed by atoms with Crippen molar-refractivity contribution in [1.82, 2.24) is 10.4 Å². The lowest BCUT2D eigenvalue weighted by molar-refractivity contribution is -0.151. The monoisotopic (exact) mass is 485 g/mol. The molecule has 2 aromatic rings. The van der Waals surface area contributed by atoms with E-state index in [-0.39, 0.29) is 18.5 Å². The van der Waals surface area contributed by atoms with Crippen molar-refractivity contribution in [2.45, 2.75) is 13.3 Å². The van der Waals surface area contributed by atoms with Gasteiger partial charge in [0.25, 0.3) is 11.8 Å². The van der Waals surface area contributed by atoms with Gasteiger partial charge in [-0.3, -0.25) is 29.6 Å². The molecule has 35 heavy (non-hydrogen) atoms. The number of rotatable bonds is 10. The van der Waals surface area contributed by atoms with Gasteiger partial charge in [0.05, 0.1) is 33.3 Å². The van der Waals surface area contributed by atoms with E-state index in [2.05, 4.69) is 10.7 Å². The van der Waals surface area contributed by atoms with Crippen LogP contribution in [0.15, 0.2) is 42.5 Å². The fraction of sp³-hybridized carbons (Fsp3) is 0.333. The summed E-state index contributed by atoms with van der Waals surface area (Å²) in [7, 11) is 2.92. The molecule has 0 aromatic heterocycles. The number of nitrogens with zero attached hydrogens (tertiary/aromatic N) is 1. The number of anilines is 1. The lowest BCUT2D eigenvalue weighted by atomic mass is 10.1. The van der Waals surface area contributed by atoms with Gasteiger partial charge in [0.2, 0.25) is 5.91 Å². The molecule has 1 heterocycles. The van der Waals surface area contributed by atoms with Crippen LogP contribution >= 0.6 is 0 Å². The number of amides is 3. The molecular formula is C24H27N3O8. The molecule has 1 aliphatic rings. The van der Waals surface area contributed by atoms with Crippen molar-refractivity contribution in [1.29, 1.82) is 0 Å². The summed E-state index contributed by atoms with van der Waals surface area (Å²) >= 11 is 0. The van der Waals surface area contributed by atoms with Gasteiger partial charge >= 0.3 is 5.97 Å². The first-order chi connectivity index (χ1) is 16.8. The summed E-state index contributed by atoms with van der Waals surface area (Å²) in [6, 6.07) is 11.3. The summed E-state index contributed by atoms with van der Waals surface area (Å²) in [4.78, 5) is 49.3. The number of hydrazine groups is 1. The molecule has 1 aliphatic heterocycles. The average Bonchev–Trinajstić information content (AvgIpc) is 3.23. The molecule has 0 spiro atoms. The lowest BCUT2D eigenvalue weighted by Gasteiger charge is -2.18. The predicted molar refractivity (Wildman–Crippen MR) is 124 cm³/mol. The van der Waals surface area contributed by atoms with Crippen LogP contribution in [0.1, 0.15) is 23.7 Å². The molecule has 1 saturated heterocycles. The zero-order chi connectivity index (χ0) is 25.4. The van der Waals surface area contributed by atoms with Crippen molar-refractivity contribution in [2.75, 3.05) is 39.3 Å². The molecular weight excluding hydrogens is 458 g/mol. The third kappa shape index (κ3) is 6.62. The first-order valence-corrected chi connectivity index (χ1v) is 10.9. The Kier molecular flexibility index (Phi) is 8.49. The van der Waals surface area contributed by atoms with Gasteiger partial charge in [0, 0.05) is 17.7 Å². The number of esters is 1. The molecule has 0 saturated carbocycles. The summed E-state index contributed by atoms with van der Waals surface area (Å²) in [6.45, 7) is 1.82. The summed E-state index contributed by atoms with van der Waals surface area (Å²) in [5, 5.41) is 3.67. The van der Waals surface area contributed by atoms with Gasteiger partial charge in [0.1, 0.15) is 5.75 Å². The average molecular weight is 485 g/mol. The minimum atomic E-state index is -0.813. The van der Waals surface area contributed by atoms with E-state index in [0.717, 1.165) is 5.01 Å². The van der Waals surface area contributed by atoms with Gasteiger partial charge in [-0.05, 0) is 49.4 Å². The van der Waals surface area contributed by atoms with Crippen LogP contribution in [0.5, 0.6) is 17.2 Å². The van der Waals surface area contributed by atoms with Crippen molar-refractivity contribution in [3.8, 4) is 17.2 Å². The maximum atomic E-state index is 12.6. The van der Waals surface area contributed by atoms with Crippen LogP contribution in [0.3, 0.4) is 0 Å². The SMILES string of the molecule is CCOc1ccc(NC(=O)COC(=O)[C@@H]2CC(=O)N(NC(=O)c3ccc(OC)c(OC)c3)C2)cc1. The minimum Gasteiger partial charge on any atom is -0.494 e. The number of hydrogen-bond acceptors (Lipinski definition) is 8. The van der Waals surface area contributed by atoms with Crippen molar-refractivity contribution in [2.24, 2.45) is 5.92 Å². The largest absolute Gasteiger partial charge is 0.494 e. The smallest absolute Gasteiger partial charge is 0.311 e. The molecule has 0 radical (unpaired) electrons. The molecule has 186 valence electrons. The molecule has 0 unspecified atom stereocenters. The Morgan fingerprint density at radius 2 is 1.74 bits per heavy atom. The van der Waals surface area contributed by atoms with E-state index in [1.54, 1.807) is 30.3 Å². The maximum Gasteiger partial charge on any atom is 0.311 e. The normalized spacial score (nSPS) is 14.8. The van der Waals surface area contributed by atoms with Gasteiger partial charge in [-0.25, -0.2) is 0 Å². The molecule has 2 aromatic carbocycles. The third-order valence-corrected chi connectivity index (χ3v) is 5.14. The summed E-state index contributed by atoms with van der Waals surface area (Å²) < 4.78 is 20.7.